The molecule has 3 saturated carbocycles. The van der Waals surface area contributed by atoms with E-state index in [2.05, 4.69) is 6.92 Å². The molecule has 0 atom stereocenters. The molecule has 32 heavy (non-hydrogen) atoms. The van der Waals surface area contributed by atoms with Crippen molar-refractivity contribution < 1.29 is 18.3 Å². The summed E-state index contributed by atoms with van der Waals surface area (Å²) in [6.45, 7) is 6.30. The molecule has 0 bridgehead atoms. The molecule has 0 aliphatic heterocycles. The zero-order chi connectivity index (χ0) is 23.1. The largest absolute Gasteiger partial charge is 0.432 e. The minimum Gasteiger partial charge on any atom is -0.432 e. The Morgan fingerprint density at radius 3 is 1.88 bits per heavy atom. The lowest BCUT2D eigenvalue weighted by Gasteiger charge is -2.37. The Kier molecular flexibility index (Phi) is 9.13. The minimum atomic E-state index is -3.12. The number of ketones is 1. The summed E-state index contributed by atoms with van der Waals surface area (Å²) in [5.41, 5.74) is 1.25. The number of hydrogen-bond donors (Lipinski definition) is 0. The molecule has 3 aliphatic carbocycles. The Balaban J connectivity index is 0.00000141. The highest BCUT2D eigenvalue weighted by Crippen LogP contribution is 2.44. The number of Topliss-reactive ketones (excluding diaryl/α,β-unsaturated/α-hetero) is 1. The summed E-state index contributed by atoms with van der Waals surface area (Å²) < 4.78 is 34.9. The van der Waals surface area contributed by atoms with Crippen LogP contribution in [0.4, 0.5) is 8.78 Å². The molecular weight excluding hydrogens is 406 g/mol. The predicted octanol–water partition coefficient (Wildman–Crippen LogP) is 8.54. The van der Waals surface area contributed by atoms with Gasteiger partial charge in [-0.2, -0.15) is 8.78 Å². The maximum absolute atomic E-state index is 14.8. The lowest BCUT2D eigenvalue weighted by atomic mass is 9.70. The molecule has 0 N–H and O–H groups in total. The molecule has 0 amide bonds. The van der Waals surface area contributed by atoms with Crippen molar-refractivity contribution in [2.24, 2.45) is 23.7 Å². The van der Waals surface area contributed by atoms with Crippen LogP contribution in [0, 0.1) is 23.7 Å². The monoisotopic (exact) mass is 448 g/mol. The predicted molar refractivity (Wildman–Crippen MR) is 126 cm³/mol. The maximum Gasteiger partial charge on any atom is 0.400 e. The number of benzene rings is 1. The zero-order valence-corrected chi connectivity index (χ0v) is 20.3. The molecule has 0 radical (unpaired) electrons. The summed E-state index contributed by atoms with van der Waals surface area (Å²) in [5, 5.41) is 0. The first-order valence-corrected chi connectivity index (χ1v) is 13.1. The molecule has 3 aliphatic rings. The van der Waals surface area contributed by atoms with Crippen LogP contribution in [-0.4, -0.2) is 11.9 Å². The molecule has 0 aromatic heterocycles. The van der Waals surface area contributed by atoms with E-state index < -0.39 is 12.0 Å². The van der Waals surface area contributed by atoms with Crippen LogP contribution in [0.15, 0.2) is 24.3 Å². The molecule has 0 heterocycles. The van der Waals surface area contributed by atoms with Crippen molar-refractivity contribution in [3.63, 3.8) is 0 Å². The number of halogens is 2. The van der Waals surface area contributed by atoms with Crippen molar-refractivity contribution in [3.05, 3.63) is 29.8 Å². The van der Waals surface area contributed by atoms with Crippen LogP contribution < -0.4 is 4.74 Å². The van der Waals surface area contributed by atoms with Gasteiger partial charge >= 0.3 is 6.11 Å². The van der Waals surface area contributed by atoms with Gasteiger partial charge in [0.1, 0.15) is 11.5 Å². The standard InChI is InChI=1S/C26H36F2O2.C2H6/c1-18-2-4-19(5-3-18)22-10-16-25(17-11-22)30-26(27,28)23-12-6-20(7-13-23)21-8-14-24(29)15-9-21;1-2/h10-11,16-21,23H,2-9,12-15H2,1H3;1-2H3. The Morgan fingerprint density at radius 1 is 0.781 bits per heavy atom. The van der Waals surface area contributed by atoms with E-state index in [1.165, 1.54) is 31.2 Å². The smallest absolute Gasteiger partial charge is 0.400 e. The fourth-order valence-electron chi connectivity index (χ4n) is 6.00. The van der Waals surface area contributed by atoms with Crippen molar-refractivity contribution in [1.82, 2.24) is 0 Å². The maximum atomic E-state index is 14.8. The molecule has 4 heteroatoms. The first-order valence-electron chi connectivity index (χ1n) is 13.1. The number of hydrogen-bond acceptors (Lipinski definition) is 2. The summed E-state index contributed by atoms with van der Waals surface area (Å²) in [5.74, 6) is 2.35. The highest BCUT2D eigenvalue weighted by molar-refractivity contribution is 5.79. The van der Waals surface area contributed by atoms with Gasteiger partial charge in [-0.05, 0) is 92.7 Å². The second-order valence-corrected chi connectivity index (χ2v) is 10.2. The molecule has 3 fully saturated rings. The fourth-order valence-corrected chi connectivity index (χ4v) is 6.00. The van der Waals surface area contributed by atoms with E-state index in [4.69, 9.17) is 4.74 Å². The summed E-state index contributed by atoms with van der Waals surface area (Å²) in [6, 6.07) is 7.42. The van der Waals surface area contributed by atoms with Crippen molar-refractivity contribution in [2.75, 3.05) is 0 Å². The number of ether oxygens (including phenoxy) is 1. The van der Waals surface area contributed by atoms with E-state index in [0.717, 1.165) is 31.6 Å². The number of rotatable bonds is 5. The molecule has 4 rings (SSSR count). The molecule has 0 saturated heterocycles. The van der Waals surface area contributed by atoms with Gasteiger partial charge in [0.05, 0.1) is 5.92 Å². The Morgan fingerprint density at radius 2 is 1.31 bits per heavy atom. The zero-order valence-electron chi connectivity index (χ0n) is 20.3. The van der Waals surface area contributed by atoms with Crippen LogP contribution in [0.25, 0.3) is 0 Å². The van der Waals surface area contributed by atoms with Crippen LogP contribution in [0.5, 0.6) is 5.75 Å². The molecule has 2 nitrogen and oxygen atoms in total. The van der Waals surface area contributed by atoms with Crippen molar-refractivity contribution >= 4 is 5.78 Å². The molecular formula is C28H42F2O2. The highest BCUT2D eigenvalue weighted by atomic mass is 19.3. The number of carbonyl (C=O) groups excluding carboxylic acids is 1. The van der Waals surface area contributed by atoms with Gasteiger partial charge in [0.15, 0.2) is 0 Å². The average Bonchev–Trinajstić information content (AvgIpc) is 2.82. The van der Waals surface area contributed by atoms with Gasteiger partial charge in [0.2, 0.25) is 0 Å². The van der Waals surface area contributed by atoms with Crippen LogP contribution in [-0.2, 0) is 4.79 Å². The quantitative estimate of drug-likeness (QED) is 0.451. The highest BCUT2D eigenvalue weighted by Gasteiger charge is 2.45. The lowest BCUT2D eigenvalue weighted by molar-refractivity contribution is -0.224. The van der Waals surface area contributed by atoms with Gasteiger partial charge in [-0.15, -0.1) is 0 Å². The second-order valence-electron chi connectivity index (χ2n) is 10.2. The van der Waals surface area contributed by atoms with E-state index in [1.807, 2.05) is 26.0 Å². The van der Waals surface area contributed by atoms with E-state index in [9.17, 15) is 13.6 Å². The SMILES string of the molecule is CC.CC1CCC(c2ccc(OC(F)(F)C3CCC(C4CCC(=O)CC4)CC3)cc2)CC1. The van der Waals surface area contributed by atoms with Gasteiger partial charge in [-0.25, -0.2) is 0 Å². The van der Waals surface area contributed by atoms with Crippen molar-refractivity contribution in [1.29, 1.82) is 0 Å². The minimum absolute atomic E-state index is 0.279. The fraction of sp³-hybridized carbons (Fsp3) is 0.750. The Bertz CT molecular complexity index is 689. The topological polar surface area (TPSA) is 26.3 Å². The van der Waals surface area contributed by atoms with Crippen molar-refractivity contribution in [2.45, 2.75) is 110 Å². The van der Waals surface area contributed by atoms with E-state index in [0.29, 0.717) is 49.2 Å². The van der Waals surface area contributed by atoms with Crippen LogP contribution in [0.1, 0.15) is 109 Å². The van der Waals surface area contributed by atoms with E-state index in [-0.39, 0.29) is 5.75 Å². The lowest BCUT2D eigenvalue weighted by Crippen LogP contribution is -2.38. The second kappa shape index (κ2) is 11.6. The number of carbonyl (C=O) groups is 1. The summed E-state index contributed by atoms with van der Waals surface area (Å²) >= 11 is 0. The Hall–Kier alpha value is -1.45. The molecule has 0 spiro atoms. The summed E-state index contributed by atoms with van der Waals surface area (Å²) in [4.78, 5) is 11.5. The third kappa shape index (κ3) is 6.54. The van der Waals surface area contributed by atoms with Crippen LogP contribution >= 0.6 is 0 Å². The number of alkyl halides is 2. The molecule has 180 valence electrons. The normalized spacial score (nSPS) is 29.7. The van der Waals surface area contributed by atoms with Gasteiger partial charge in [0.25, 0.3) is 0 Å². The Labute approximate surface area is 193 Å². The first kappa shape index (κ1) is 25.2. The molecule has 0 unspecified atom stereocenters. The van der Waals surface area contributed by atoms with Gasteiger partial charge in [-0.1, -0.05) is 45.7 Å². The third-order valence-corrected chi connectivity index (χ3v) is 8.12. The average molecular weight is 449 g/mol. The molecule has 1 aromatic rings. The van der Waals surface area contributed by atoms with Gasteiger partial charge in [0, 0.05) is 12.8 Å². The van der Waals surface area contributed by atoms with Crippen LogP contribution in [0.3, 0.4) is 0 Å². The van der Waals surface area contributed by atoms with E-state index in [1.54, 1.807) is 12.1 Å². The van der Waals surface area contributed by atoms with Crippen LogP contribution in [0.2, 0.25) is 0 Å². The van der Waals surface area contributed by atoms with E-state index >= 15 is 0 Å². The third-order valence-electron chi connectivity index (χ3n) is 8.12. The summed E-state index contributed by atoms with van der Waals surface area (Å²) in [6.07, 6.45) is 7.73. The first-order chi connectivity index (χ1) is 15.4. The van der Waals surface area contributed by atoms with Gasteiger partial charge < -0.3 is 4.74 Å². The summed E-state index contributed by atoms with van der Waals surface area (Å²) in [7, 11) is 0. The molecule has 1 aromatic carbocycles. The van der Waals surface area contributed by atoms with Crippen molar-refractivity contribution in [3.8, 4) is 5.75 Å². The van der Waals surface area contributed by atoms with Gasteiger partial charge in [-0.3, -0.25) is 4.79 Å².